The summed E-state index contributed by atoms with van der Waals surface area (Å²) in [6.45, 7) is 1.63. The zero-order valence-corrected chi connectivity index (χ0v) is 14.9. The van der Waals surface area contributed by atoms with E-state index in [4.69, 9.17) is 4.42 Å². The second kappa shape index (κ2) is 7.04. The Morgan fingerprint density at radius 1 is 1.24 bits per heavy atom. The zero-order valence-electron chi connectivity index (χ0n) is 14.1. The largest absolute Gasteiger partial charge is 0.467 e. The van der Waals surface area contributed by atoms with Gasteiger partial charge in [-0.1, -0.05) is 6.07 Å². The number of carbonyl (C=O) groups excluding carboxylic acids is 2. The number of furan rings is 1. The lowest BCUT2D eigenvalue weighted by Gasteiger charge is -2.34. The minimum atomic E-state index is -0.103. The van der Waals surface area contributed by atoms with Gasteiger partial charge < -0.3 is 14.2 Å². The summed E-state index contributed by atoms with van der Waals surface area (Å²) in [5.41, 5.74) is 0. The minimum Gasteiger partial charge on any atom is -0.467 e. The lowest BCUT2D eigenvalue weighted by Crippen LogP contribution is -2.47. The van der Waals surface area contributed by atoms with Gasteiger partial charge in [-0.3, -0.25) is 9.59 Å². The highest BCUT2D eigenvalue weighted by atomic mass is 32.1. The van der Waals surface area contributed by atoms with Gasteiger partial charge in [0.25, 0.3) is 0 Å². The molecule has 5 nitrogen and oxygen atoms in total. The van der Waals surface area contributed by atoms with E-state index in [0.29, 0.717) is 38.5 Å². The summed E-state index contributed by atoms with van der Waals surface area (Å²) < 4.78 is 5.45. The van der Waals surface area contributed by atoms with Crippen molar-refractivity contribution in [3.63, 3.8) is 0 Å². The van der Waals surface area contributed by atoms with E-state index < -0.39 is 0 Å². The molecule has 1 atom stereocenters. The molecule has 1 aliphatic heterocycles. The Balaban J connectivity index is 1.49. The Morgan fingerprint density at radius 3 is 2.80 bits per heavy atom. The van der Waals surface area contributed by atoms with Crippen molar-refractivity contribution in [2.45, 2.75) is 44.8 Å². The van der Waals surface area contributed by atoms with E-state index >= 15 is 0 Å². The molecule has 0 bridgehead atoms. The fourth-order valence-corrected chi connectivity index (χ4v) is 4.18. The molecule has 1 aliphatic carbocycles. The van der Waals surface area contributed by atoms with Crippen molar-refractivity contribution >= 4 is 23.2 Å². The summed E-state index contributed by atoms with van der Waals surface area (Å²) in [6.07, 6.45) is 4.94. The Morgan fingerprint density at radius 2 is 2.12 bits per heavy atom. The van der Waals surface area contributed by atoms with Crippen molar-refractivity contribution in [1.29, 1.82) is 0 Å². The second-order valence-corrected chi connectivity index (χ2v) is 7.90. The van der Waals surface area contributed by atoms with E-state index in [2.05, 4.69) is 0 Å². The molecule has 2 amide bonds. The second-order valence-electron chi connectivity index (χ2n) is 6.87. The van der Waals surface area contributed by atoms with Crippen LogP contribution in [0.15, 0.2) is 40.3 Å². The maximum Gasteiger partial charge on any atom is 0.228 e. The topological polar surface area (TPSA) is 53.8 Å². The third-order valence-corrected chi connectivity index (χ3v) is 5.81. The number of piperidine rings is 1. The van der Waals surface area contributed by atoms with E-state index in [1.165, 1.54) is 0 Å². The first-order valence-corrected chi connectivity index (χ1v) is 9.71. The third-order valence-electron chi connectivity index (χ3n) is 4.95. The van der Waals surface area contributed by atoms with Gasteiger partial charge in [0.05, 0.1) is 25.3 Å². The van der Waals surface area contributed by atoms with Gasteiger partial charge in [-0.2, -0.15) is 0 Å². The fraction of sp³-hybridized carbons (Fsp3) is 0.474. The Bertz CT molecular complexity index is 686. The minimum absolute atomic E-state index is 0.103. The van der Waals surface area contributed by atoms with Gasteiger partial charge in [-0.15, -0.1) is 11.3 Å². The molecule has 2 aromatic rings. The normalized spacial score (nSPS) is 20.7. The van der Waals surface area contributed by atoms with Crippen molar-refractivity contribution in [2.24, 2.45) is 5.92 Å². The van der Waals surface area contributed by atoms with Crippen LogP contribution >= 0.6 is 11.3 Å². The van der Waals surface area contributed by atoms with Crippen LogP contribution in [0.3, 0.4) is 0 Å². The lowest BCUT2D eigenvalue weighted by molar-refractivity contribution is -0.144. The van der Waals surface area contributed by atoms with Crippen molar-refractivity contribution < 1.29 is 14.0 Å². The van der Waals surface area contributed by atoms with E-state index in [1.54, 1.807) is 17.6 Å². The molecule has 0 aromatic carbocycles. The van der Waals surface area contributed by atoms with Crippen molar-refractivity contribution in [3.8, 4) is 0 Å². The molecule has 6 heteroatoms. The van der Waals surface area contributed by atoms with Gasteiger partial charge in [0.2, 0.25) is 11.8 Å². The van der Waals surface area contributed by atoms with E-state index in [0.717, 1.165) is 23.5 Å². The Labute approximate surface area is 151 Å². The van der Waals surface area contributed by atoms with Crippen LogP contribution in [-0.2, 0) is 22.7 Å². The molecule has 25 heavy (non-hydrogen) atoms. The molecular weight excluding hydrogens is 336 g/mol. The number of thiophene rings is 1. The highest BCUT2D eigenvalue weighted by molar-refractivity contribution is 7.09. The quantitative estimate of drug-likeness (QED) is 0.796. The summed E-state index contributed by atoms with van der Waals surface area (Å²) in [7, 11) is 0. The smallest absolute Gasteiger partial charge is 0.228 e. The average Bonchev–Trinajstić information content (AvgIpc) is 3.08. The number of hydrogen-bond donors (Lipinski definition) is 0. The molecule has 0 unspecified atom stereocenters. The van der Waals surface area contributed by atoms with Gasteiger partial charge >= 0.3 is 0 Å². The van der Waals surface area contributed by atoms with Crippen molar-refractivity contribution in [1.82, 2.24) is 9.80 Å². The average molecular weight is 358 g/mol. The number of likely N-dealkylation sites (tertiary alicyclic amines) is 1. The maximum absolute atomic E-state index is 13.2. The van der Waals surface area contributed by atoms with Crippen molar-refractivity contribution in [2.75, 3.05) is 6.54 Å². The summed E-state index contributed by atoms with van der Waals surface area (Å²) >= 11 is 1.65. The molecule has 2 aromatic heterocycles. The standard InChI is InChI=1S/C19H22N2O3S/c22-18-8-5-14(11-21(18)15-6-7-15)19(23)20(12-16-3-1-9-24-16)13-17-4-2-10-25-17/h1-4,9-10,14-15H,5-8,11-13H2/t14-/m1/s1. The van der Waals surface area contributed by atoms with Crippen LogP contribution in [0.5, 0.6) is 0 Å². The number of amides is 2. The summed E-state index contributed by atoms with van der Waals surface area (Å²) in [5, 5.41) is 2.03. The van der Waals surface area contributed by atoms with Gasteiger partial charge in [-0.25, -0.2) is 0 Å². The van der Waals surface area contributed by atoms with E-state index in [-0.39, 0.29) is 17.7 Å². The number of rotatable bonds is 6. The van der Waals surface area contributed by atoms with Gasteiger partial charge in [0.15, 0.2) is 0 Å². The van der Waals surface area contributed by atoms with Crippen LogP contribution < -0.4 is 0 Å². The van der Waals surface area contributed by atoms with Crippen LogP contribution in [-0.4, -0.2) is 34.2 Å². The van der Waals surface area contributed by atoms with Crippen LogP contribution in [0.2, 0.25) is 0 Å². The molecule has 0 radical (unpaired) electrons. The summed E-state index contributed by atoms with van der Waals surface area (Å²) in [4.78, 5) is 30.3. The maximum atomic E-state index is 13.2. The van der Waals surface area contributed by atoms with Gasteiger partial charge in [0, 0.05) is 23.9 Å². The molecule has 2 fully saturated rings. The number of hydrogen-bond acceptors (Lipinski definition) is 4. The predicted molar refractivity (Wildman–Crippen MR) is 94.7 cm³/mol. The van der Waals surface area contributed by atoms with Gasteiger partial charge in [0.1, 0.15) is 5.76 Å². The highest BCUT2D eigenvalue weighted by Gasteiger charge is 2.39. The summed E-state index contributed by atoms with van der Waals surface area (Å²) in [6, 6.07) is 8.17. The van der Waals surface area contributed by atoms with E-state index in [1.807, 2.05) is 39.4 Å². The first-order valence-electron chi connectivity index (χ1n) is 8.84. The molecule has 0 N–H and O–H groups in total. The number of nitrogens with zero attached hydrogens (tertiary/aromatic N) is 2. The lowest BCUT2D eigenvalue weighted by atomic mass is 9.95. The van der Waals surface area contributed by atoms with Crippen LogP contribution in [0.1, 0.15) is 36.3 Å². The molecular formula is C19H22N2O3S. The van der Waals surface area contributed by atoms with Crippen LogP contribution in [0.4, 0.5) is 0 Å². The first-order chi connectivity index (χ1) is 12.2. The first kappa shape index (κ1) is 16.4. The monoisotopic (exact) mass is 358 g/mol. The molecule has 2 aliphatic rings. The SMILES string of the molecule is O=C([C@@H]1CCC(=O)N(C2CC2)C1)N(Cc1ccco1)Cc1cccs1. The third kappa shape index (κ3) is 3.79. The Kier molecular flexibility index (Phi) is 4.61. The molecule has 1 saturated heterocycles. The van der Waals surface area contributed by atoms with E-state index in [9.17, 15) is 9.59 Å². The molecule has 4 rings (SSSR count). The highest BCUT2D eigenvalue weighted by Crippen LogP contribution is 2.32. The number of carbonyl (C=O) groups is 2. The Hall–Kier alpha value is -2.08. The summed E-state index contributed by atoms with van der Waals surface area (Å²) in [5.74, 6) is 1.02. The van der Waals surface area contributed by atoms with Gasteiger partial charge in [-0.05, 0) is 42.8 Å². The molecule has 0 spiro atoms. The molecule has 1 saturated carbocycles. The molecule has 3 heterocycles. The molecule has 132 valence electrons. The fourth-order valence-electron chi connectivity index (χ4n) is 3.46. The van der Waals surface area contributed by atoms with Crippen LogP contribution in [0, 0.1) is 5.92 Å². The predicted octanol–water partition coefficient (Wildman–Crippen LogP) is 3.27. The van der Waals surface area contributed by atoms with Crippen LogP contribution in [0.25, 0.3) is 0 Å². The van der Waals surface area contributed by atoms with Crippen molar-refractivity contribution in [3.05, 3.63) is 46.5 Å². The zero-order chi connectivity index (χ0) is 17.2.